The lowest BCUT2D eigenvalue weighted by molar-refractivity contribution is 0.0941. The summed E-state index contributed by atoms with van der Waals surface area (Å²) in [6.45, 7) is 2.65. The fourth-order valence-corrected chi connectivity index (χ4v) is 3.83. The number of nitrogens with zero attached hydrogens (tertiary/aromatic N) is 2. The Labute approximate surface area is 163 Å². The van der Waals surface area contributed by atoms with Crippen molar-refractivity contribution in [2.75, 3.05) is 24.5 Å². The highest BCUT2D eigenvalue weighted by molar-refractivity contribution is 7.71. The average molecular weight is 379 g/mol. The van der Waals surface area contributed by atoms with Gasteiger partial charge in [-0.1, -0.05) is 36.4 Å². The summed E-state index contributed by atoms with van der Waals surface area (Å²) in [5.74, 6) is 0.339. The second kappa shape index (κ2) is 7.80. The molecule has 0 aliphatic carbocycles. The van der Waals surface area contributed by atoms with E-state index in [-0.39, 0.29) is 5.91 Å². The number of benzene rings is 2. The monoisotopic (exact) mass is 378 g/mol. The Morgan fingerprint density at radius 3 is 2.44 bits per heavy atom. The molecule has 0 saturated carbocycles. The van der Waals surface area contributed by atoms with Gasteiger partial charge in [-0.15, -0.1) is 0 Å². The number of hydrogen-bond donors (Lipinski definition) is 2. The lowest BCUT2D eigenvalue weighted by Crippen LogP contribution is -2.32. The number of H-pyrrole nitrogens is 1. The maximum atomic E-state index is 12.7. The standard InChI is InChI=1S/C21H22N4OS/c26-20(19-14-23-21(27)25(19)18-9-5-2-6-10-18)22-13-16-11-12-24(15-16)17-7-3-1-4-8-17/h1-10,14,16H,11-13,15H2,(H,22,26)(H,23,27)/t16-/m1/s1. The molecule has 1 aromatic heterocycles. The zero-order chi connectivity index (χ0) is 18.6. The number of imidazole rings is 1. The van der Waals surface area contributed by atoms with E-state index >= 15 is 0 Å². The van der Waals surface area contributed by atoms with Crippen molar-refractivity contribution in [1.82, 2.24) is 14.9 Å². The van der Waals surface area contributed by atoms with E-state index in [9.17, 15) is 4.79 Å². The molecule has 6 heteroatoms. The van der Waals surface area contributed by atoms with Crippen molar-refractivity contribution in [2.24, 2.45) is 5.92 Å². The second-order valence-corrected chi connectivity index (χ2v) is 7.18. The molecule has 3 aromatic rings. The van der Waals surface area contributed by atoms with Crippen LogP contribution in [0.15, 0.2) is 66.9 Å². The fourth-order valence-electron chi connectivity index (χ4n) is 3.57. The molecule has 0 radical (unpaired) electrons. The highest BCUT2D eigenvalue weighted by atomic mass is 32.1. The Morgan fingerprint density at radius 2 is 1.74 bits per heavy atom. The van der Waals surface area contributed by atoms with Crippen molar-refractivity contribution in [1.29, 1.82) is 0 Å². The molecule has 1 aliphatic heterocycles. The van der Waals surface area contributed by atoms with Gasteiger partial charge in [0, 0.05) is 37.2 Å². The summed E-state index contributed by atoms with van der Waals surface area (Å²) < 4.78 is 2.29. The molecule has 1 atom stereocenters. The molecule has 0 spiro atoms. The van der Waals surface area contributed by atoms with Crippen molar-refractivity contribution in [3.8, 4) is 5.69 Å². The van der Waals surface area contributed by atoms with Gasteiger partial charge >= 0.3 is 0 Å². The topological polar surface area (TPSA) is 53.1 Å². The predicted molar refractivity (Wildman–Crippen MR) is 110 cm³/mol. The van der Waals surface area contributed by atoms with Crippen LogP contribution in [-0.2, 0) is 0 Å². The molecule has 4 rings (SSSR count). The Balaban J connectivity index is 1.41. The first-order valence-electron chi connectivity index (χ1n) is 9.16. The molecule has 1 aliphatic rings. The number of anilines is 1. The predicted octanol–water partition coefficient (Wildman–Crippen LogP) is 3.79. The lowest BCUT2D eigenvalue weighted by atomic mass is 10.1. The molecule has 2 N–H and O–H groups in total. The van der Waals surface area contributed by atoms with Gasteiger partial charge in [-0.25, -0.2) is 0 Å². The molecule has 1 amide bonds. The Kier molecular flexibility index (Phi) is 5.07. The van der Waals surface area contributed by atoms with E-state index < -0.39 is 0 Å². The molecule has 5 nitrogen and oxygen atoms in total. The summed E-state index contributed by atoms with van der Waals surface area (Å²) in [5, 5.41) is 3.08. The summed E-state index contributed by atoms with van der Waals surface area (Å²) in [4.78, 5) is 18.1. The van der Waals surface area contributed by atoms with Gasteiger partial charge in [0.2, 0.25) is 0 Å². The summed E-state index contributed by atoms with van der Waals surface area (Å²) >= 11 is 5.36. The maximum Gasteiger partial charge on any atom is 0.269 e. The third kappa shape index (κ3) is 3.80. The van der Waals surface area contributed by atoms with E-state index in [1.54, 1.807) is 10.8 Å². The number of para-hydroxylation sites is 2. The van der Waals surface area contributed by atoms with Gasteiger partial charge < -0.3 is 15.2 Å². The van der Waals surface area contributed by atoms with E-state index in [0.29, 0.717) is 22.9 Å². The van der Waals surface area contributed by atoms with Gasteiger partial charge in [0.15, 0.2) is 4.77 Å². The third-order valence-corrected chi connectivity index (χ3v) is 5.28. The Morgan fingerprint density at radius 1 is 1.07 bits per heavy atom. The summed E-state index contributed by atoms with van der Waals surface area (Å²) in [6.07, 6.45) is 2.75. The Bertz CT molecular complexity index is 965. The van der Waals surface area contributed by atoms with Crippen LogP contribution in [0.3, 0.4) is 0 Å². The smallest absolute Gasteiger partial charge is 0.269 e. The van der Waals surface area contributed by atoms with Crippen molar-refractivity contribution < 1.29 is 4.79 Å². The minimum atomic E-state index is -0.107. The summed E-state index contributed by atoms with van der Waals surface area (Å²) in [7, 11) is 0. The van der Waals surface area contributed by atoms with Crippen LogP contribution in [0.25, 0.3) is 5.69 Å². The maximum absolute atomic E-state index is 12.7. The molecule has 0 bridgehead atoms. The van der Waals surface area contributed by atoms with Crippen LogP contribution in [0.1, 0.15) is 16.9 Å². The van der Waals surface area contributed by atoms with Crippen LogP contribution < -0.4 is 10.2 Å². The second-order valence-electron chi connectivity index (χ2n) is 6.80. The minimum Gasteiger partial charge on any atom is -0.371 e. The zero-order valence-corrected chi connectivity index (χ0v) is 15.8. The van der Waals surface area contributed by atoms with Crippen LogP contribution in [-0.4, -0.2) is 35.1 Å². The van der Waals surface area contributed by atoms with E-state index in [0.717, 1.165) is 25.2 Å². The molecular weight excluding hydrogens is 356 g/mol. The van der Waals surface area contributed by atoms with Crippen LogP contribution in [0.2, 0.25) is 0 Å². The molecule has 1 saturated heterocycles. The number of rotatable bonds is 5. The van der Waals surface area contributed by atoms with Crippen LogP contribution in [0, 0.1) is 10.7 Å². The third-order valence-electron chi connectivity index (χ3n) is 4.98. The fraction of sp³-hybridized carbons (Fsp3) is 0.238. The highest BCUT2D eigenvalue weighted by Gasteiger charge is 2.24. The molecule has 2 heterocycles. The van der Waals surface area contributed by atoms with Crippen molar-refractivity contribution >= 4 is 23.8 Å². The van der Waals surface area contributed by atoms with Gasteiger partial charge in [0.25, 0.3) is 5.91 Å². The van der Waals surface area contributed by atoms with Gasteiger partial charge in [-0.05, 0) is 48.8 Å². The summed E-state index contributed by atoms with van der Waals surface area (Å²) in [5.41, 5.74) is 2.66. The molecular formula is C21H22N4OS. The average Bonchev–Trinajstić information content (AvgIpc) is 3.34. The SMILES string of the molecule is O=C(NC[C@H]1CCN(c2ccccc2)C1)c1c[nH]c(=S)n1-c1ccccc1. The number of aromatic amines is 1. The number of hydrogen-bond acceptors (Lipinski definition) is 3. The van der Waals surface area contributed by atoms with Gasteiger partial charge in [-0.3, -0.25) is 9.36 Å². The first-order valence-corrected chi connectivity index (χ1v) is 9.57. The first kappa shape index (κ1) is 17.5. The number of amides is 1. The molecule has 0 unspecified atom stereocenters. The van der Waals surface area contributed by atoms with Gasteiger partial charge in [-0.2, -0.15) is 0 Å². The lowest BCUT2D eigenvalue weighted by Gasteiger charge is -2.18. The van der Waals surface area contributed by atoms with Gasteiger partial charge in [0.1, 0.15) is 5.69 Å². The number of carbonyl (C=O) groups excluding carboxylic acids is 1. The normalized spacial score (nSPS) is 16.4. The first-order chi connectivity index (χ1) is 13.2. The largest absolute Gasteiger partial charge is 0.371 e. The molecule has 1 fully saturated rings. The van der Waals surface area contributed by atoms with Crippen molar-refractivity contribution in [2.45, 2.75) is 6.42 Å². The van der Waals surface area contributed by atoms with E-state index in [2.05, 4.69) is 39.5 Å². The van der Waals surface area contributed by atoms with Crippen molar-refractivity contribution in [3.05, 3.63) is 77.3 Å². The molecule has 138 valence electrons. The van der Waals surface area contributed by atoms with E-state index in [1.165, 1.54) is 5.69 Å². The zero-order valence-electron chi connectivity index (χ0n) is 15.0. The quantitative estimate of drug-likeness (QED) is 0.664. The van der Waals surface area contributed by atoms with Crippen LogP contribution >= 0.6 is 12.2 Å². The summed E-state index contributed by atoms with van der Waals surface area (Å²) in [6, 6.07) is 20.1. The molecule has 27 heavy (non-hydrogen) atoms. The van der Waals surface area contributed by atoms with Gasteiger partial charge in [0.05, 0.1) is 0 Å². The van der Waals surface area contributed by atoms with Crippen LogP contribution in [0.4, 0.5) is 5.69 Å². The van der Waals surface area contributed by atoms with E-state index in [4.69, 9.17) is 12.2 Å². The highest BCUT2D eigenvalue weighted by Crippen LogP contribution is 2.23. The Hall–Kier alpha value is -2.86. The van der Waals surface area contributed by atoms with Crippen LogP contribution in [0.5, 0.6) is 0 Å². The number of aromatic nitrogens is 2. The minimum absolute atomic E-state index is 0.107. The molecule has 2 aromatic carbocycles. The number of nitrogens with one attached hydrogen (secondary N) is 2. The number of carbonyl (C=O) groups is 1. The van der Waals surface area contributed by atoms with E-state index in [1.807, 2.05) is 36.4 Å². The van der Waals surface area contributed by atoms with Crippen molar-refractivity contribution in [3.63, 3.8) is 0 Å².